The van der Waals surface area contributed by atoms with Gasteiger partial charge in [0.25, 0.3) is 0 Å². The number of hydrogen-bond acceptors (Lipinski definition) is 6. The van der Waals surface area contributed by atoms with Gasteiger partial charge in [-0.25, -0.2) is 0 Å². The van der Waals surface area contributed by atoms with Crippen LogP contribution >= 0.6 is 31.9 Å². The summed E-state index contributed by atoms with van der Waals surface area (Å²) in [7, 11) is 0. The summed E-state index contributed by atoms with van der Waals surface area (Å²) in [6.45, 7) is 0. The van der Waals surface area contributed by atoms with Gasteiger partial charge in [-0.3, -0.25) is 0 Å². The number of para-hydroxylation sites is 9. The lowest BCUT2D eigenvalue weighted by molar-refractivity contribution is 0.477. The minimum absolute atomic E-state index is 0.821. The molecule has 11 heteroatoms. The lowest BCUT2D eigenvalue weighted by Crippen LogP contribution is -2.16. The van der Waals surface area contributed by atoms with Crippen molar-refractivity contribution in [1.29, 1.82) is 0 Å². The Bertz CT molecular complexity index is 5310. The minimum Gasteiger partial charge on any atom is -0.453 e. The molecular formula is C84H56Br2N6O3. The van der Waals surface area contributed by atoms with Crippen LogP contribution in [0.15, 0.2) is 343 Å². The maximum Gasteiger partial charge on any atom is 0.152 e. The molecule has 454 valence electrons. The largest absolute Gasteiger partial charge is 0.453 e. The van der Waals surface area contributed by atoms with Crippen molar-refractivity contribution in [3.8, 4) is 73.8 Å². The van der Waals surface area contributed by atoms with E-state index in [0.717, 1.165) is 150 Å². The van der Waals surface area contributed by atoms with Crippen LogP contribution in [0.25, 0.3) is 72.0 Å². The molecule has 3 aliphatic heterocycles. The third kappa shape index (κ3) is 10.9. The highest BCUT2D eigenvalue weighted by Gasteiger charge is 2.30. The lowest BCUT2D eigenvalue weighted by atomic mass is 10.0. The molecule has 3 aromatic heterocycles. The third-order valence-electron chi connectivity index (χ3n) is 17.5. The maximum absolute atomic E-state index is 6.59. The fourth-order valence-electron chi connectivity index (χ4n) is 13.0. The van der Waals surface area contributed by atoms with Crippen molar-refractivity contribution >= 4 is 110 Å². The summed E-state index contributed by atoms with van der Waals surface area (Å²) in [6, 6.07) is 109. The predicted octanol–water partition coefficient (Wildman–Crippen LogP) is 24.8. The van der Waals surface area contributed by atoms with Gasteiger partial charge >= 0.3 is 0 Å². The van der Waals surface area contributed by atoms with Gasteiger partial charge in [-0.1, -0.05) is 171 Å². The van der Waals surface area contributed by atoms with Crippen molar-refractivity contribution in [1.82, 2.24) is 13.7 Å². The van der Waals surface area contributed by atoms with Gasteiger partial charge in [0.15, 0.2) is 34.5 Å². The second kappa shape index (κ2) is 24.4. The summed E-state index contributed by atoms with van der Waals surface area (Å²) in [5.74, 6) is 5.01. The molecule has 0 unspecified atom stereocenters. The van der Waals surface area contributed by atoms with Crippen molar-refractivity contribution in [2.45, 2.75) is 0 Å². The molecule has 0 aliphatic carbocycles. The van der Waals surface area contributed by atoms with Crippen LogP contribution in [0, 0.1) is 0 Å². The van der Waals surface area contributed by atoms with Crippen LogP contribution in [-0.2, 0) is 0 Å². The average Bonchev–Trinajstić information content (AvgIpc) is 1.73. The molecule has 1 N–H and O–H groups in total. The van der Waals surface area contributed by atoms with E-state index >= 15 is 0 Å². The molecule has 0 bridgehead atoms. The maximum atomic E-state index is 6.59. The number of fused-ring (bicyclic) bond motifs is 9. The van der Waals surface area contributed by atoms with E-state index in [2.05, 4.69) is 304 Å². The van der Waals surface area contributed by atoms with Gasteiger partial charge in [0.2, 0.25) is 0 Å². The van der Waals surface area contributed by atoms with Crippen LogP contribution in [0.2, 0.25) is 0 Å². The summed E-state index contributed by atoms with van der Waals surface area (Å²) in [5.41, 5.74) is 19.5. The molecule has 0 spiro atoms. The molecule has 0 amide bonds. The summed E-state index contributed by atoms with van der Waals surface area (Å²) in [6.07, 6.45) is 6.36. The smallest absolute Gasteiger partial charge is 0.152 e. The van der Waals surface area contributed by atoms with Crippen molar-refractivity contribution in [2.75, 3.05) is 15.1 Å². The fraction of sp³-hybridized carbons (Fsp3) is 0. The Morgan fingerprint density at radius 3 is 1.05 bits per heavy atom. The van der Waals surface area contributed by atoms with E-state index < -0.39 is 0 Å². The van der Waals surface area contributed by atoms with Gasteiger partial charge in [0.05, 0.1) is 50.7 Å². The number of halogens is 2. The highest BCUT2D eigenvalue weighted by molar-refractivity contribution is 9.10. The third-order valence-corrected chi connectivity index (χ3v) is 18.5. The molecule has 0 atom stereocenters. The number of anilines is 8. The Morgan fingerprint density at radius 1 is 0.242 bits per heavy atom. The highest BCUT2D eigenvalue weighted by atomic mass is 79.9. The van der Waals surface area contributed by atoms with E-state index in [1.165, 1.54) is 11.1 Å². The zero-order valence-corrected chi connectivity index (χ0v) is 54.1. The molecule has 0 fully saturated rings. The summed E-state index contributed by atoms with van der Waals surface area (Å²) >= 11 is 6.93. The number of nitrogens with zero attached hydrogens (tertiary/aromatic N) is 5. The first-order chi connectivity index (χ1) is 46.9. The number of aromatic nitrogens is 3. The first-order valence-electron chi connectivity index (χ1n) is 31.4. The first-order valence-corrected chi connectivity index (χ1v) is 33.0. The first kappa shape index (κ1) is 57.2. The van der Waals surface area contributed by atoms with Crippen LogP contribution in [0.3, 0.4) is 0 Å². The van der Waals surface area contributed by atoms with Crippen LogP contribution in [0.5, 0.6) is 34.5 Å². The number of hydrogen-bond donors (Lipinski definition) is 1. The number of rotatable bonds is 7. The number of benzene rings is 13. The van der Waals surface area contributed by atoms with Gasteiger partial charge in [-0.15, -0.1) is 0 Å². The summed E-state index contributed by atoms with van der Waals surface area (Å²) in [4.78, 5) is 4.65. The van der Waals surface area contributed by atoms with E-state index in [1.807, 2.05) is 91.0 Å². The molecule has 0 radical (unpaired) electrons. The monoisotopic (exact) mass is 1350 g/mol. The fourth-order valence-corrected chi connectivity index (χ4v) is 13.8. The van der Waals surface area contributed by atoms with E-state index in [9.17, 15) is 0 Å². The van der Waals surface area contributed by atoms with Crippen molar-refractivity contribution in [2.24, 2.45) is 0 Å². The quantitative estimate of drug-likeness (QED) is 0.172. The Labute approximate surface area is 566 Å². The second-order valence-electron chi connectivity index (χ2n) is 23.4. The molecule has 0 saturated heterocycles. The molecule has 3 aliphatic rings. The van der Waals surface area contributed by atoms with Gasteiger partial charge in [-0.2, -0.15) is 0 Å². The van der Waals surface area contributed by atoms with Crippen molar-refractivity contribution < 1.29 is 14.2 Å². The Balaban J connectivity index is 0.000000150. The lowest BCUT2D eigenvalue weighted by Gasteiger charge is -2.33. The van der Waals surface area contributed by atoms with Gasteiger partial charge in [0, 0.05) is 72.1 Å². The topological polar surface area (TPSA) is 61.0 Å². The SMILES string of the molecule is Brc1cccc(-c2cccc(Br)c2)c1.c1ccc(-n2ccc3cc4c(cc32)N(c2cccc(-c3cccc(N5c6ccccc6Oc6cc7ccn(-c8ccccc8)c7cc65)c3)c2)c2ccccc2O4)cc1.c1ccc(-n2ccc3cc4c(cc32)Nc2ccccc2O4)cc1. The Morgan fingerprint density at radius 2 is 0.600 bits per heavy atom. The van der Waals surface area contributed by atoms with E-state index in [-0.39, 0.29) is 0 Å². The average molecular weight is 1360 g/mol. The van der Waals surface area contributed by atoms with Gasteiger partial charge < -0.3 is 43.0 Å². The second-order valence-corrected chi connectivity index (χ2v) is 25.2. The molecule has 19 rings (SSSR count). The molecule has 9 nitrogen and oxygen atoms in total. The van der Waals surface area contributed by atoms with Gasteiger partial charge in [-0.05, 0) is 198 Å². The van der Waals surface area contributed by atoms with Crippen molar-refractivity contribution in [3.63, 3.8) is 0 Å². The van der Waals surface area contributed by atoms with E-state index in [1.54, 1.807) is 0 Å². The normalized spacial score (nSPS) is 12.2. The standard InChI is InChI=1S/C52H34N4O2.C20H14N2O.C12H8Br2/c1-3-15-39(16-4-1)53-27-25-37-31-51-47(33-45(37)53)55(43-21-7-9-23-49(43)57-51)41-19-11-13-35(29-41)36-14-12-20-42(30-36)56-44-22-8-10-24-50(44)58-52-32-38-26-28-54(46(38)34-48(52)56)40-17-5-2-6-18-40;1-2-6-15(7-3-1)22-11-10-14-12-20-17(13-18(14)22)21-16-8-4-5-9-19(16)23-20;13-11-5-1-3-9(7-11)10-4-2-6-12(14)8-10/h1-34H;1-13,21H;1-8H. The number of nitrogens with one attached hydrogen (secondary N) is 1. The predicted molar refractivity (Wildman–Crippen MR) is 395 cm³/mol. The Kier molecular flexibility index (Phi) is 14.7. The van der Waals surface area contributed by atoms with Crippen LogP contribution < -0.4 is 29.3 Å². The molecule has 16 aromatic rings. The molecule has 13 aromatic carbocycles. The summed E-state index contributed by atoms with van der Waals surface area (Å²) in [5, 5.41) is 6.86. The van der Waals surface area contributed by atoms with E-state index in [0.29, 0.717) is 0 Å². The molecule has 6 heterocycles. The number of ether oxygens (including phenoxy) is 3. The van der Waals surface area contributed by atoms with Crippen LogP contribution in [0.4, 0.5) is 45.5 Å². The highest BCUT2D eigenvalue weighted by Crippen LogP contribution is 2.55. The Hall–Kier alpha value is -11.8. The molecular weight excluding hydrogens is 1300 g/mol. The minimum atomic E-state index is 0.821. The van der Waals surface area contributed by atoms with Crippen LogP contribution in [-0.4, -0.2) is 13.7 Å². The zero-order valence-electron chi connectivity index (χ0n) is 51.0. The van der Waals surface area contributed by atoms with Gasteiger partial charge in [0.1, 0.15) is 0 Å². The summed E-state index contributed by atoms with van der Waals surface area (Å²) < 4.78 is 28.1. The van der Waals surface area contributed by atoms with Crippen molar-refractivity contribution in [3.05, 3.63) is 343 Å². The molecule has 0 saturated carbocycles. The van der Waals surface area contributed by atoms with E-state index in [4.69, 9.17) is 14.2 Å². The molecule has 95 heavy (non-hydrogen) atoms. The van der Waals surface area contributed by atoms with Crippen LogP contribution in [0.1, 0.15) is 0 Å². The zero-order chi connectivity index (χ0) is 63.3.